The van der Waals surface area contributed by atoms with Crippen LogP contribution in [0.25, 0.3) is 0 Å². The van der Waals surface area contributed by atoms with E-state index in [4.69, 9.17) is 10.8 Å². The van der Waals surface area contributed by atoms with E-state index in [2.05, 4.69) is 0 Å². The zero-order valence-electron chi connectivity index (χ0n) is 8.66. The highest BCUT2D eigenvalue weighted by molar-refractivity contribution is 5.78. The fourth-order valence-electron chi connectivity index (χ4n) is 1.06. The summed E-state index contributed by atoms with van der Waals surface area (Å²) in [6, 6.07) is -0.118. The van der Waals surface area contributed by atoms with Crippen LogP contribution in [0.4, 0.5) is 0 Å². The van der Waals surface area contributed by atoms with Gasteiger partial charge in [0.1, 0.15) is 0 Å². The highest BCUT2D eigenvalue weighted by Crippen LogP contribution is 2.07. The number of hydrogen-bond donors (Lipinski definition) is 2. The SMILES string of the molecule is CC(CCN)C(=O)N(C)C(C)CO. The number of nitrogens with two attached hydrogens (primary N) is 1. The van der Waals surface area contributed by atoms with E-state index in [0.29, 0.717) is 13.0 Å². The number of aliphatic hydroxyl groups is 1. The molecule has 4 heteroatoms. The number of nitrogens with zero attached hydrogens (tertiary/aromatic N) is 1. The number of likely N-dealkylation sites (N-methyl/N-ethyl adjacent to an activating group) is 1. The first-order chi connectivity index (χ1) is 6.04. The van der Waals surface area contributed by atoms with Crippen molar-refractivity contribution in [3.63, 3.8) is 0 Å². The highest BCUT2D eigenvalue weighted by atomic mass is 16.3. The Kier molecular flexibility index (Phi) is 5.66. The molecule has 0 fully saturated rings. The van der Waals surface area contributed by atoms with Crippen molar-refractivity contribution in [2.45, 2.75) is 26.3 Å². The molecule has 0 radical (unpaired) electrons. The summed E-state index contributed by atoms with van der Waals surface area (Å²) >= 11 is 0. The van der Waals surface area contributed by atoms with Crippen molar-refractivity contribution in [2.24, 2.45) is 11.7 Å². The predicted molar refractivity (Wildman–Crippen MR) is 52.2 cm³/mol. The molecule has 0 spiro atoms. The fourth-order valence-corrected chi connectivity index (χ4v) is 1.06. The Morgan fingerprint density at radius 2 is 2.08 bits per heavy atom. The maximum Gasteiger partial charge on any atom is 0.225 e. The van der Waals surface area contributed by atoms with E-state index in [-0.39, 0.29) is 24.5 Å². The molecule has 0 aromatic rings. The molecule has 78 valence electrons. The van der Waals surface area contributed by atoms with E-state index in [1.54, 1.807) is 11.9 Å². The van der Waals surface area contributed by atoms with Crippen LogP contribution in [-0.4, -0.2) is 42.2 Å². The van der Waals surface area contributed by atoms with Crippen LogP contribution >= 0.6 is 0 Å². The molecular weight excluding hydrogens is 168 g/mol. The van der Waals surface area contributed by atoms with Gasteiger partial charge in [0, 0.05) is 13.0 Å². The molecule has 0 heterocycles. The maximum atomic E-state index is 11.6. The summed E-state index contributed by atoms with van der Waals surface area (Å²) < 4.78 is 0. The summed E-state index contributed by atoms with van der Waals surface area (Å²) in [6.45, 7) is 4.19. The zero-order chi connectivity index (χ0) is 10.4. The van der Waals surface area contributed by atoms with Crippen LogP contribution in [0.1, 0.15) is 20.3 Å². The summed E-state index contributed by atoms with van der Waals surface area (Å²) in [4.78, 5) is 13.2. The quantitative estimate of drug-likeness (QED) is 0.628. The van der Waals surface area contributed by atoms with Crippen LogP contribution < -0.4 is 5.73 Å². The topological polar surface area (TPSA) is 66.6 Å². The molecule has 3 N–H and O–H groups in total. The van der Waals surface area contributed by atoms with Crippen molar-refractivity contribution < 1.29 is 9.90 Å². The van der Waals surface area contributed by atoms with Gasteiger partial charge in [-0.15, -0.1) is 0 Å². The minimum absolute atomic E-state index is 0.00240. The van der Waals surface area contributed by atoms with E-state index in [9.17, 15) is 4.79 Å². The number of carbonyl (C=O) groups excluding carboxylic acids is 1. The van der Waals surface area contributed by atoms with Gasteiger partial charge in [-0.1, -0.05) is 6.92 Å². The molecule has 0 saturated heterocycles. The van der Waals surface area contributed by atoms with Crippen molar-refractivity contribution in [3.05, 3.63) is 0 Å². The average molecular weight is 188 g/mol. The van der Waals surface area contributed by atoms with Gasteiger partial charge in [0.2, 0.25) is 5.91 Å². The van der Waals surface area contributed by atoms with Gasteiger partial charge in [-0.25, -0.2) is 0 Å². The first-order valence-electron chi connectivity index (χ1n) is 4.62. The highest BCUT2D eigenvalue weighted by Gasteiger charge is 2.19. The molecule has 2 unspecified atom stereocenters. The lowest BCUT2D eigenvalue weighted by Gasteiger charge is -2.26. The Hall–Kier alpha value is -0.610. The first kappa shape index (κ1) is 12.4. The number of carbonyl (C=O) groups is 1. The molecule has 0 aromatic carbocycles. The van der Waals surface area contributed by atoms with Crippen molar-refractivity contribution in [2.75, 3.05) is 20.2 Å². The molecule has 4 nitrogen and oxygen atoms in total. The first-order valence-corrected chi connectivity index (χ1v) is 4.62. The summed E-state index contributed by atoms with van der Waals surface area (Å²) in [7, 11) is 1.70. The van der Waals surface area contributed by atoms with Crippen molar-refractivity contribution in [1.82, 2.24) is 4.90 Å². The third-order valence-corrected chi connectivity index (χ3v) is 2.29. The van der Waals surface area contributed by atoms with E-state index in [1.165, 1.54) is 0 Å². The van der Waals surface area contributed by atoms with Gasteiger partial charge in [0.05, 0.1) is 12.6 Å². The van der Waals surface area contributed by atoms with E-state index < -0.39 is 0 Å². The minimum atomic E-state index is -0.118. The summed E-state index contributed by atoms with van der Waals surface area (Å²) in [5.74, 6) is -0.00370. The standard InChI is InChI=1S/C9H20N2O2/c1-7(4-5-10)9(13)11(3)8(2)6-12/h7-8,12H,4-6,10H2,1-3H3. The van der Waals surface area contributed by atoms with Gasteiger partial charge >= 0.3 is 0 Å². The zero-order valence-corrected chi connectivity index (χ0v) is 8.66. The Morgan fingerprint density at radius 1 is 1.54 bits per heavy atom. The van der Waals surface area contributed by atoms with Gasteiger partial charge in [-0.3, -0.25) is 4.79 Å². The largest absolute Gasteiger partial charge is 0.394 e. The number of rotatable bonds is 5. The van der Waals surface area contributed by atoms with Gasteiger partial charge in [0.25, 0.3) is 0 Å². The Labute approximate surface area is 79.7 Å². The molecule has 2 atom stereocenters. The molecule has 0 saturated carbocycles. The lowest BCUT2D eigenvalue weighted by Crippen LogP contribution is -2.40. The number of amides is 1. The minimum Gasteiger partial charge on any atom is -0.394 e. The predicted octanol–water partition coefficient (Wildman–Crippen LogP) is -0.189. The second kappa shape index (κ2) is 5.94. The molecule has 0 aliphatic heterocycles. The number of hydrogen-bond acceptors (Lipinski definition) is 3. The summed E-state index contributed by atoms with van der Waals surface area (Å²) in [5.41, 5.74) is 5.36. The fraction of sp³-hybridized carbons (Fsp3) is 0.889. The maximum absolute atomic E-state index is 11.6. The van der Waals surface area contributed by atoms with E-state index in [1.807, 2.05) is 13.8 Å². The van der Waals surface area contributed by atoms with Crippen molar-refractivity contribution >= 4 is 5.91 Å². The lowest BCUT2D eigenvalue weighted by atomic mass is 10.1. The Balaban J connectivity index is 4.08. The van der Waals surface area contributed by atoms with Gasteiger partial charge < -0.3 is 15.7 Å². The van der Waals surface area contributed by atoms with Gasteiger partial charge in [-0.05, 0) is 19.9 Å². The molecule has 0 rings (SSSR count). The molecule has 1 amide bonds. The van der Waals surface area contributed by atoms with Crippen LogP contribution in [0.3, 0.4) is 0 Å². The molecule has 13 heavy (non-hydrogen) atoms. The normalized spacial score (nSPS) is 15.2. The van der Waals surface area contributed by atoms with Crippen LogP contribution in [0.5, 0.6) is 0 Å². The van der Waals surface area contributed by atoms with Crippen LogP contribution in [-0.2, 0) is 4.79 Å². The number of aliphatic hydroxyl groups excluding tert-OH is 1. The van der Waals surface area contributed by atoms with E-state index >= 15 is 0 Å². The molecule has 0 aromatic heterocycles. The third kappa shape index (κ3) is 3.74. The van der Waals surface area contributed by atoms with Crippen LogP contribution in [0.15, 0.2) is 0 Å². The van der Waals surface area contributed by atoms with Crippen LogP contribution in [0.2, 0.25) is 0 Å². The van der Waals surface area contributed by atoms with Gasteiger partial charge in [-0.2, -0.15) is 0 Å². The van der Waals surface area contributed by atoms with E-state index in [0.717, 1.165) is 0 Å². The van der Waals surface area contributed by atoms with Gasteiger partial charge in [0.15, 0.2) is 0 Å². The average Bonchev–Trinajstić information content (AvgIpc) is 2.14. The monoisotopic (exact) mass is 188 g/mol. The van der Waals surface area contributed by atoms with Crippen molar-refractivity contribution in [3.8, 4) is 0 Å². The summed E-state index contributed by atoms with van der Waals surface area (Å²) in [6.07, 6.45) is 0.696. The van der Waals surface area contributed by atoms with Crippen molar-refractivity contribution in [1.29, 1.82) is 0 Å². The Morgan fingerprint density at radius 3 is 2.46 bits per heavy atom. The molecule has 0 aliphatic rings. The molecular formula is C9H20N2O2. The second-order valence-electron chi connectivity index (χ2n) is 3.46. The summed E-state index contributed by atoms with van der Waals surface area (Å²) in [5, 5.41) is 8.85. The smallest absolute Gasteiger partial charge is 0.225 e. The molecule has 0 aliphatic carbocycles. The molecule has 0 bridgehead atoms. The Bertz CT molecular complexity index is 162. The lowest BCUT2D eigenvalue weighted by molar-refractivity contribution is -0.136. The third-order valence-electron chi connectivity index (χ3n) is 2.29. The van der Waals surface area contributed by atoms with Crippen LogP contribution in [0, 0.1) is 5.92 Å². The second-order valence-corrected chi connectivity index (χ2v) is 3.46.